The second kappa shape index (κ2) is 10.9. The van der Waals surface area contributed by atoms with Crippen LogP contribution in [0.5, 0.6) is 0 Å². The largest absolute Gasteiger partial charge is 0.478 e. The molecule has 34 heavy (non-hydrogen) atoms. The van der Waals surface area contributed by atoms with Crippen LogP contribution in [0.4, 0.5) is 11.4 Å². The normalized spacial score (nSPS) is 11.4. The molecule has 0 fully saturated rings. The highest BCUT2D eigenvalue weighted by Crippen LogP contribution is 2.26. The minimum atomic E-state index is -1.41. The number of amides is 2. The Morgan fingerprint density at radius 3 is 2.15 bits per heavy atom. The first-order chi connectivity index (χ1) is 16.1. The van der Waals surface area contributed by atoms with Gasteiger partial charge < -0.3 is 20.8 Å². The minimum Gasteiger partial charge on any atom is -0.478 e. The summed E-state index contributed by atoms with van der Waals surface area (Å²) in [5.74, 6) is -3.59. The fraction of sp³-hybridized carbons (Fsp3) is 0.0833. The average Bonchev–Trinajstić information content (AvgIpc) is 2.79. The molecule has 2 amide bonds. The van der Waals surface area contributed by atoms with Crippen molar-refractivity contribution in [3.63, 3.8) is 0 Å². The molecule has 0 bridgehead atoms. The average molecular weight is 499 g/mol. The van der Waals surface area contributed by atoms with Gasteiger partial charge in [0.25, 0.3) is 5.91 Å². The molecule has 4 N–H and O–H groups in total. The molecule has 3 aromatic carbocycles. The topological polar surface area (TPSA) is 133 Å². The van der Waals surface area contributed by atoms with Crippen molar-refractivity contribution in [1.82, 2.24) is 0 Å². The predicted octanol–water partition coefficient (Wildman–Crippen LogP) is 5.11. The van der Waals surface area contributed by atoms with Gasteiger partial charge >= 0.3 is 11.9 Å². The van der Waals surface area contributed by atoms with Gasteiger partial charge in [-0.15, -0.1) is 11.8 Å². The third-order valence-electron chi connectivity index (χ3n) is 4.63. The molecule has 174 valence electrons. The van der Waals surface area contributed by atoms with Gasteiger partial charge in [0.1, 0.15) is 0 Å². The van der Waals surface area contributed by atoms with Gasteiger partial charge in [0.05, 0.1) is 21.9 Å². The van der Waals surface area contributed by atoms with Crippen molar-refractivity contribution in [2.45, 2.75) is 17.1 Å². The van der Waals surface area contributed by atoms with E-state index in [2.05, 4.69) is 10.6 Å². The summed E-state index contributed by atoms with van der Waals surface area (Å²) in [5.41, 5.74) is 0.194. The molecular formula is C24H19ClN2O6S. The zero-order valence-electron chi connectivity index (χ0n) is 17.7. The number of carboxylic acid groups (broad SMARTS) is 2. The van der Waals surface area contributed by atoms with Crippen LogP contribution in [-0.4, -0.2) is 39.2 Å². The van der Waals surface area contributed by atoms with Crippen LogP contribution in [0.25, 0.3) is 0 Å². The van der Waals surface area contributed by atoms with E-state index in [1.54, 1.807) is 55.5 Å². The van der Waals surface area contributed by atoms with Crippen LogP contribution in [0, 0.1) is 0 Å². The fourth-order valence-corrected chi connectivity index (χ4v) is 3.99. The number of carboxylic acids is 2. The minimum absolute atomic E-state index is 0.165. The van der Waals surface area contributed by atoms with Crippen molar-refractivity contribution >= 4 is 58.5 Å². The van der Waals surface area contributed by atoms with Gasteiger partial charge in [-0.2, -0.15) is 0 Å². The first-order valence-electron chi connectivity index (χ1n) is 9.89. The molecule has 10 heteroatoms. The molecule has 0 aliphatic heterocycles. The summed E-state index contributed by atoms with van der Waals surface area (Å²) in [7, 11) is 0. The lowest BCUT2D eigenvalue weighted by molar-refractivity contribution is -0.115. The lowest BCUT2D eigenvalue weighted by Crippen LogP contribution is -2.22. The zero-order valence-corrected chi connectivity index (χ0v) is 19.3. The van der Waals surface area contributed by atoms with Crippen molar-refractivity contribution < 1.29 is 29.4 Å². The maximum absolute atomic E-state index is 12.6. The van der Waals surface area contributed by atoms with Crippen LogP contribution in [0.2, 0.25) is 5.02 Å². The molecular weight excluding hydrogens is 480 g/mol. The molecule has 0 heterocycles. The second-order valence-electron chi connectivity index (χ2n) is 7.11. The number of anilines is 2. The molecule has 0 aromatic heterocycles. The summed E-state index contributed by atoms with van der Waals surface area (Å²) in [5, 5.41) is 23.9. The Morgan fingerprint density at radius 2 is 1.53 bits per heavy atom. The smallest absolute Gasteiger partial charge is 0.336 e. The number of aromatic carboxylic acids is 2. The van der Waals surface area contributed by atoms with Crippen LogP contribution in [0.3, 0.4) is 0 Å². The molecule has 0 aliphatic carbocycles. The molecule has 0 radical (unpaired) electrons. The predicted molar refractivity (Wildman–Crippen MR) is 130 cm³/mol. The van der Waals surface area contributed by atoms with Crippen molar-refractivity contribution in [3.8, 4) is 0 Å². The second-order valence-corrected chi connectivity index (χ2v) is 8.96. The fourth-order valence-electron chi connectivity index (χ4n) is 2.94. The van der Waals surface area contributed by atoms with E-state index in [9.17, 15) is 24.3 Å². The van der Waals surface area contributed by atoms with E-state index in [-0.39, 0.29) is 17.0 Å². The Hall–Kier alpha value is -3.82. The number of hydrogen-bond donors (Lipinski definition) is 4. The number of carbonyl (C=O) groups is 4. The number of rotatable bonds is 8. The van der Waals surface area contributed by atoms with E-state index < -0.39 is 28.7 Å². The molecule has 8 nitrogen and oxygen atoms in total. The van der Waals surface area contributed by atoms with E-state index in [1.165, 1.54) is 17.8 Å². The molecule has 1 atom stereocenters. The van der Waals surface area contributed by atoms with Crippen molar-refractivity contribution in [2.24, 2.45) is 0 Å². The molecule has 1 unspecified atom stereocenters. The lowest BCUT2D eigenvalue weighted by atomic mass is 10.0. The summed E-state index contributed by atoms with van der Waals surface area (Å²) in [6.07, 6.45) is 0. The standard InChI is InChI=1S/C24H19ClN2O6S/c1-13(21(28)27-17-4-2-3-15(25)12-17)34-18-8-6-16(7-9-18)26-22(29)19-10-5-14(23(30)31)11-20(19)24(32)33/h2-13H,1H3,(H,26,29)(H,27,28)(H,30,31)(H,32,33). The number of carbonyl (C=O) groups excluding carboxylic acids is 2. The molecule has 0 aliphatic rings. The first-order valence-corrected chi connectivity index (χ1v) is 11.1. The summed E-state index contributed by atoms with van der Waals surface area (Å²) in [4.78, 5) is 48.3. The number of hydrogen-bond acceptors (Lipinski definition) is 5. The summed E-state index contributed by atoms with van der Waals surface area (Å²) < 4.78 is 0. The Morgan fingerprint density at radius 1 is 0.824 bits per heavy atom. The zero-order chi connectivity index (χ0) is 24.8. The van der Waals surface area contributed by atoms with Gasteiger partial charge in [-0.3, -0.25) is 9.59 Å². The Balaban J connectivity index is 1.64. The van der Waals surface area contributed by atoms with Crippen LogP contribution in [0.1, 0.15) is 38.0 Å². The van der Waals surface area contributed by atoms with Gasteiger partial charge in [-0.05, 0) is 67.6 Å². The molecule has 3 rings (SSSR count). The Kier molecular flexibility index (Phi) is 7.93. The van der Waals surface area contributed by atoms with Crippen LogP contribution in [-0.2, 0) is 4.79 Å². The number of halogens is 1. The molecule has 0 saturated carbocycles. The van der Waals surface area contributed by atoms with Crippen molar-refractivity contribution in [2.75, 3.05) is 10.6 Å². The van der Waals surface area contributed by atoms with Crippen molar-refractivity contribution in [1.29, 1.82) is 0 Å². The van der Waals surface area contributed by atoms with E-state index in [4.69, 9.17) is 16.7 Å². The summed E-state index contributed by atoms with van der Waals surface area (Å²) in [6, 6.07) is 16.8. The maximum atomic E-state index is 12.6. The molecule has 0 spiro atoms. The highest BCUT2D eigenvalue weighted by molar-refractivity contribution is 8.00. The van der Waals surface area contributed by atoms with Gasteiger partial charge in [0, 0.05) is 21.3 Å². The third kappa shape index (κ3) is 6.37. The van der Waals surface area contributed by atoms with Gasteiger partial charge in [-0.25, -0.2) is 9.59 Å². The van der Waals surface area contributed by atoms with E-state index in [0.29, 0.717) is 16.4 Å². The highest BCUT2D eigenvalue weighted by Gasteiger charge is 2.19. The van der Waals surface area contributed by atoms with Crippen LogP contribution >= 0.6 is 23.4 Å². The number of thioether (sulfide) groups is 1. The van der Waals surface area contributed by atoms with Crippen molar-refractivity contribution in [3.05, 3.63) is 88.4 Å². The Labute approximate surface area is 203 Å². The summed E-state index contributed by atoms with van der Waals surface area (Å²) in [6.45, 7) is 1.76. The summed E-state index contributed by atoms with van der Waals surface area (Å²) >= 11 is 7.25. The maximum Gasteiger partial charge on any atom is 0.336 e. The SMILES string of the molecule is CC(Sc1ccc(NC(=O)c2ccc(C(=O)O)cc2C(=O)O)cc1)C(=O)Nc1cccc(Cl)c1. The third-order valence-corrected chi connectivity index (χ3v) is 5.98. The lowest BCUT2D eigenvalue weighted by Gasteiger charge is -2.13. The number of benzene rings is 3. The Bertz CT molecular complexity index is 1260. The van der Waals surface area contributed by atoms with Crippen LogP contribution in [0.15, 0.2) is 71.6 Å². The van der Waals surface area contributed by atoms with Gasteiger partial charge in [0.15, 0.2) is 0 Å². The molecule has 3 aromatic rings. The first kappa shape index (κ1) is 24.8. The highest BCUT2D eigenvalue weighted by atomic mass is 35.5. The van der Waals surface area contributed by atoms with E-state index >= 15 is 0 Å². The monoisotopic (exact) mass is 498 g/mol. The quantitative estimate of drug-likeness (QED) is 0.317. The van der Waals surface area contributed by atoms with E-state index in [1.807, 2.05) is 0 Å². The van der Waals surface area contributed by atoms with Crippen LogP contribution < -0.4 is 10.6 Å². The number of nitrogens with one attached hydrogen (secondary N) is 2. The van der Waals surface area contributed by atoms with Gasteiger partial charge in [-0.1, -0.05) is 17.7 Å². The molecule has 0 saturated heterocycles. The van der Waals surface area contributed by atoms with E-state index in [0.717, 1.165) is 17.0 Å². The van der Waals surface area contributed by atoms with Gasteiger partial charge in [0.2, 0.25) is 5.91 Å².